The number of halogens is 1. The molecule has 8 heteroatoms. The Balaban J connectivity index is 1.61. The predicted octanol–water partition coefficient (Wildman–Crippen LogP) is 3.01. The maximum Gasteiger partial charge on any atom is 0.251 e. The number of hydrogen-bond acceptors (Lipinski definition) is 4. The number of nitrogens with one attached hydrogen (secondary N) is 1. The van der Waals surface area contributed by atoms with Crippen LogP contribution in [-0.4, -0.2) is 51.7 Å². The van der Waals surface area contributed by atoms with Crippen molar-refractivity contribution in [3.05, 3.63) is 65.5 Å². The van der Waals surface area contributed by atoms with Gasteiger partial charge in [-0.15, -0.1) is 0 Å². The zero-order valence-electron chi connectivity index (χ0n) is 17.2. The summed E-state index contributed by atoms with van der Waals surface area (Å²) in [5.74, 6) is -0.654. The minimum atomic E-state index is -3.63. The first-order chi connectivity index (χ1) is 14.3. The van der Waals surface area contributed by atoms with Crippen LogP contribution >= 0.6 is 0 Å². The van der Waals surface area contributed by atoms with E-state index in [1.807, 2.05) is 0 Å². The minimum Gasteiger partial charge on any atom is -0.352 e. The number of sulfonamides is 1. The first-order valence-electron chi connectivity index (χ1n) is 10.2. The molecule has 0 atom stereocenters. The summed E-state index contributed by atoms with van der Waals surface area (Å²) < 4.78 is 39.7. The molecule has 1 saturated heterocycles. The zero-order valence-corrected chi connectivity index (χ0v) is 18.0. The zero-order chi connectivity index (χ0) is 21.6. The minimum absolute atomic E-state index is 0.118. The van der Waals surface area contributed by atoms with E-state index in [0.717, 1.165) is 36.6 Å². The van der Waals surface area contributed by atoms with Crippen molar-refractivity contribution in [1.82, 2.24) is 10.2 Å². The topological polar surface area (TPSA) is 69.7 Å². The van der Waals surface area contributed by atoms with Gasteiger partial charge in [-0.2, -0.15) is 0 Å². The Morgan fingerprint density at radius 1 is 1.10 bits per heavy atom. The van der Waals surface area contributed by atoms with Crippen molar-refractivity contribution in [2.24, 2.45) is 0 Å². The van der Waals surface area contributed by atoms with E-state index in [1.165, 1.54) is 18.9 Å². The first kappa shape index (κ1) is 22.2. The van der Waals surface area contributed by atoms with E-state index < -0.39 is 15.8 Å². The van der Waals surface area contributed by atoms with Gasteiger partial charge in [0.25, 0.3) is 5.91 Å². The van der Waals surface area contributed by atoms with Gasteiger partial charge in [-0.25, -0.2) is 12.8 Å². The van der Waals surface area contributed by atoms with Crippen molar-refractivity contribution < 1.29 is 17.6 Å². The average molecular weight is 434 g/mol. The quantitative estimate of drug-likeness (QED) is 0.618. The van der Waals surface area contributed by atoms with Crippen LogP contribution < -0.4 is 9.62 Å². The number of carbonyl (C=O) groups is 1. The number of amides is 1. The molecule has 0 aromatic heterocycles. The Morgan fingerprint density at radius 2 is 1.77 bits per heavy atom. The molecule has 2 aromatic carbocycles. The SMILES string of the molecule is CS(=O)(=O)N(Cc1ccccc1F)c1ccc(C(=O)NCCCN2CCCC2)cc1. The third-order valence-electron chi connectivity index (χ3n) is 5.22. The van der Waals surface area contributed by atoms with Gasteiger partial charge in [0.15, 0.2) is 0 Å². The normalized spacial score (nSPS) is 14.6. The van der Waals surface area contributed by atoms with Crippen molar-refractivity contribution in [1.29, 1.82) is 0 Å². The fraction of sp³-hybridized carbons (Fsp3) is 0.409. The molecule has 0 unspecified atom stereocenters. The highest BCUT2D eigenvalue weighted by Crippen LogP contribution is 2.22. The molecule has 0 aliphatic carbocycles. The molecule has 0 radical (unpaired) electrons. The van der Waals surface area contributed by atoms with E-state index in [0.29, 0.717) is 17.8 Å². The molecule has 1 heterocycles. The molecular weight excluding hydrogens is 405 g/mol. The highest BCUT2D eigenvalue weighted by molar-refractivity contribution is 7.92. The van der Waals surface area contributed by atoms with Gasteiger partial charge in [-0.1, -0.05) is 18.2 Å². The van der Waals surface area contributed by atoms with Crippen LogP contribution in [0.15, 0.2) is 48.5 Å². The highest BCUT2D eigenvalue weighted by atomic mass is 32.2. The summed E-state index contributed by atoms with van der Waals surface area (Å²) in [4.78, 5) is 14.7. The molecule has 1 N–H and O–H groups in total. The second-order valence-electron chi connectivity index (χ2n) is 7.57. The van der Waals surface area contributed by atoms with Crippen molar-refractivity contribution in [2.45, 2.75) is 25.8 Å². The van der Waals surface area contributed by atoms with Gasteiger partial charge >= 0.3 is 0 Å². The van der Waals surface area contributed by atoms with Gasteiger partial charge in [0.2, 0.25) is 10.0 Å². The van der Waals surface area contributed by atoms with Gasteiger partial charge in [0, 0.05) is 17.7 Å². The summed E-state index contributed by atoms with van der Waals surface area (Å²) in [6.07, 6.45) is 4.48. The monoisotopic (exact) mass is 433 g/mol. The fourth-order valence-electron chi connectivity index (χ4n) is 3.57. The van der Waals surface area contributed by atoms with Crippen LogP contribution in [0, 0.1) is 5.82 Å². The van der Waals surface area contributed by atoms with Crippen LogP contribution in [0.1, 0.15) is 35.2 Å². The number of hydrogen-bond donors (Lipinski definition) is 1. The Morgan fingerprint density at radius 3 is 2.40 bits per heavy atom. The number of benzene rings is 2. The molecule has 6 nitrogen and oxygen atoms in total. The Bertz CT molecular complexity index is 958. The molecule has 1 amide bonds. The molecule has 1 aliphatic rings. The lowest BCUT2D eigenvalue weighted by Crippen LogP contribution is -2.30. The average Bonchev–Trinajstić information content (AvgIpc) is 3.23. The van der Waals surface area contributed by atoms with Crippen LogP contribution in [0.25, 0.3) is 0 Å². The number of carbonyl (C=O) groups excluding carboxylic acids is 1. The van der Waals surface area contributed by atoms with Gasteiger partial charge < -0.3 is 10.2 Å². The predicted molar refractivity (Wildman–Crippen MR) is 116 cm³/mol. The third-order valence-corrected chi connectivity index (χ3v) is 6.37. The lowest BCUT2D eigenvalue weighted by Gasteiger charge is -2.23. The van der Waals surface area contributed by atoms with E-state index in [1.54, 1.807) is 42.5 Å². The number of anilines is 1. The van der Waals surface area contributed by atoms with E-state index >= 15 is 0 Å². The second-order valence-corrected chi connectivity index (χ2v) is 9.47. The fourth-order valence-corrected chi connectivity index (χ4v) is 4.45. The van der Waals surface area contributed by atoms with Crippen molar-refractivity contribution in [3.63, 3.8) is 0 Å². The molecule has 1 aliphatic heterocycles. The molecule has 0 saturated carbocycles. The Kier molecular flexibility index (Phi) is 7.44. The largest absolute Gasteiger partial charge is 0.352 e. The maximum absolute atomic E-state index is 14.0. The van der Waals surface area contributed by atoms with Crippen molar-refractivity contribution in [2.75, 3.05) is 36.7 Å². The van der Waals surface area contributed by atoms with Crippen LogP contribution in [-0.2, 0) is 16.6 Å². The lowest BCUT2D eigenvalue weighted by molar-refractivity contribution is 0.0952. The molecule has 0 bridgehead atoms. The van der Waals surface area contributed by atoms with Gasteiger partial charge in [-0.3, -0.25) is 9.10 Å². The first-order valence-corrected chi connectivity index (χ1v) is 12.0. The Hall–Kier alpha value is -2.45. The summed E-state index contributed by atoms with van der Waals surface area (Å²) in [6.45, 7) is 3.74. The highest BCUT2D eigenvalue weighted by Gasteiger charge is 2.20. The van der Waals surface area contributed by atoms with Gasteiger partial charge in [0.05, 0.1) is 18.5 Å². The smallest absolute Gasteiger partial charge is 0.251 e. The van der Waals surface area contributed by atoms with Gasteiger partial charge in [-0.05, 0) is 69.2 Å². The van der Waals surface area contributed by atoms with Crippen LogP contribution in [0.5, 0.6) is 0 Å². The summed E-state index contributed by atoms with van der Waals surface area (Å²) in [7, 11) is -3.63. The maximum atomic E-state index is 14.0. The van der Waals surface area contributed by atoms with Crippen LogP contribution in [0.2, 0.25) is 0 Å². The van der Waals surface area contributed by atoms with Gasteiger partial charge in [0.1, 0.15) is 5.82 Å². The lowest BCUT2D eigenvalue weighted by atomic mass is 10.1. The van der Waals surface area contributed by atoms with E-state index in [4.69, 9.17) is 0 Å². The number of likely N-dealkylation sites (tertiary alicyclic amines) is 1. The molecule has 162 valence electrons. The summed E-state index contributed by atoms with van der Waals surface area (Å²) in [6, 6.07) is 12.4. The molecule has 2 aromatic rings. The Labute approximate surface area is 177 Å². The van der Waals surface area contributed by atoms with Crippen LogP contribution in [0.4, 0.5) is 10.1 Å². The summed E-state index contributed by atoms with van der Waals surface area (Å²) in [5.41, 5.74) is 1.12. The number of rotatable bonds is 9. The molecule has 1 fully saturated rings. The molecule has 3 rings (SSSR count). The molecule has 30 heavy (non-hydrogen) atoms. The van der Waals surface area contributed by atoms with Crippen LogP contribution in [0.3, 0.4) is 0 Å². The van der Waals surface area contributed by atoms with E-state index in [2.05, 4.69) is 10.2 Å². The van der Waals surface area contributed by atoms with E-state index in [-0.39, 0.29) is 18.0 Å². The summed E-state index contributed by atoms with van der Waals surface area (Å²) >= 11 is 0. The third kappa shape index (κ3) is 6.03. The van der Waals surface area contributed by atoms with Crippen molar-refractivity contribution in [3.8, 4) is 0 Å². The number of nitrogens with zero attached hydrogens (tertiary/aromatic N) is 2. The van der Waals surface area contributed by atoms with Crippen molar-refractivity contribution >= 4 is 21.6 Å². The standard InChI is InChI=1S/C22H28FN3O3S/c1-30(28,29)26(17-19-7-2-3-8-21(19)23)20-11-9-18(10-12-20)22(27)24-13-6-16-25-14-4-5-15-25/h2-3,7-12H,4-6,13-17H2,1H3,(H,24,27). The molecular formula is C22H28FN3O3S. The summed E-state index contributed by atoms with van der Waals surface area (Å²) in [5, 5.41) is 2.90. The molecule has 0 spiro atoms. The second kappa shape index (κ2) is 10.0. The van der Waals surface area contributed by atoms with E-state index in [9.17, 15) is 17.6 Å².